The highest BCUT2D eigenvalue weighted by atomic mass is 13.8. The van der Waals surface area contributed by atoms with Gasteiger partial charge in [0.1, 0.15) is 0 Å². The molecule has 1 rings (SSSR count). The van der Waals surface area contributed by atoms with E-state index in [1.807, 2.05) is 109 Å². The SMILES string of the molecule is C1=CC=CC=CC=CC=CC=CCCCC=CC=CC=CC=CC=CC=C1. The Labute approximate surface area is 165 Å². The number of allylic oxidation sites excluding steroid dienone is 24. The van der Waals surface area contributed by atoms with Gasteiger partial charge >= 0.3 is 0 Å². The molecule has 0 atom stereocenters. The van der Waals surface area contributed by atoms with Crippen molar-refractivity contribution in [1.29, 1.82) is 0 Å². The molecule has 0 bridgehead atoms. The van der Waals surface area contributed by atoms with Crippen molar-refractivity contribution in [2.24, 2.45) is 0 Å². The van der Waals surface area contributed by atoms with Crippen molar-refractivity contribution in [2.45, 2.75) is 19.3 Å². The topological polar surface area (TPSA) is 0 Å². The normalized spacial score (nSPS) is 16.9. The molecule has 0 aromatic rings. The number of rotatable bonds is 0. The van der Waals surface area contributed by atoms with E-state index >= 15 is 0 Å². The molecule has 0 aliphatic heterocycles. The van der Waals surface area contributed by atoms with Crippen molar-refractivity contribution in [2.75, 3.05) is 0 Å². The molecule has 0 aromatic carbocycles. The molecule has 0 unspecified atom stereocenters. The van der Waals surface area contributed by atoms with Gasteiger partial charge in [0.15, 0.2) is 0 Å². The molecule has 0 heteroatoms. The highest BCUT2D eigenvalue weighted by molar-refractivity contribution is 5.23. The van der Waals surface area contributed by atoms with Crippen LogP contribution in [0, 0.1) is 0 Å². The molecule has 0 spiro atoms. The minimum absolute atomic E-state index is 1.10. The van der Waals surface area contributed by atoms with Crippen molar-refractivity contribution >= 4 is 0 Å². The van der Waals surface area contributed by atoms with Crippen LogP contribution >= 0.6 is 0 Å². The molecule has 0 radical (unpaired) electrons. The smallest absolute Gasteiger partial charge is 0.0345 e. The van der Waals surface area contributed by atoms with Crippen LogP contribution in [0.3, 0.4) is 0 Å². The largest absolute Gasteiger partial charge is 0.0845 e. The van der Waals surface area contributed by atoms with Crippen LogP contribution in [0.15, 0.2) is 146 Å². The lowest BCUT2D eigenvalue weighted by molar-refractivity contribution is 0.868. The zero-order chi connectivity index (χ0) is 19.1. The molecule has 0 saturated heterocycles. The summed E-state index contributed by atoms with van der Waals surface area (Å²) in [6.07, 6.45) is 52.5. The van der Waals surface area contributed by atoms with Crippen LogP contribution in [0.4, 0.5) is 0 Å². The predicted octanol–water partition coefficient (Wildman–Crippen LogP) is 7.84. The molecule has 1 aliphatic rings. The quantitative estimate of drug-likeness (QED) is 0.415. The monoisotopic (exact) mass is 354 g/mol. The minimum atomic E-state index is 1.10. The Hall–Kier alpha value is -3.12. The summed E-state index contributed by atoms with van der Waals surface area (Å²) in [5.41, 5.74) is 0. The average molecular weight is 355 g/mol. The van der Waals surface area contributed by atoms with Gasteiger partial charge in [-0.1, -0.05) is 146 Å². The Kier molecular flexibility index (Phi) is 15.6. The van der Waals surface area contributed by atoms with E-state index in [4.69, 9.17) is 0 Å². The summed E-state index contributed by atoms with van der Waals surface area (Å²) in [5, 5.41) is 0. The summed E-state index contributed by atoms with van der Waals surface area (Å²) < 4.78 is 0. The molecule has 138 valence electrons. The van der Waals surface area contributed by atoms with Crippen molar-refractivity contribution in [3.05, 3.63) is 146 Å². The molecule has 0 heterocycles. The maximum absolute atomic E-state index is 2.21. The first kappa shape index (κ1) is 21.9. The van der Waals surface area contributed by atoms with Gasteiger partial charge in [-0.05, 0) is 19.3 Å². The Morgan fingerprint density at radius 3 is 0.630 bits per heavy atom. The lowest BCUT2D eigenvalue weighted by Gasteiger charge is -1.88. The predicted molar refractivity (Wildman–Crippen MR) is 124 cm³/mol. The highest BCUT2D eigenvalue weighted by Crippen LogP contribution is 1.98. The summed E-state index contributed by atoms with van der Waals surface area (Å²) in [6.45, 7) is 0. The van der Waals surface area contributed by atoms with Gasteiger partial charge in [-0.3, -0.25) is 0 Å². The molecular formula is C27H30. The second-order valence-electron chi connectivity index (χ2n) is 5.64. The van der Waals surface area contributed by atoms with Gasteiger partial charge in [-0.15, -0.1) is 0 Å². The van der Waals surface area contributed by atoms with Crippen molar-refractivity contribution < 1.29 is 0 Å². The van der Waals surface area contributed by atoms with Crippen molar-refractivity contribution in [1.82, 2.24) is 0 Å². The fourth-order valence-electron chi connectivity index (χ4n) is 1.99. The first-order valence-corrected chi connectivity index (χ1v) is 9.48. The van der Waals surface area contributed by atoms with Crippen LogP contribution in [0.2, 0.25) is 0 Å². The maximum atomic E-state index is 2.21. The van der Waals surface area contributed by atoms with E-state index < -0.39 is 0 Å². The standard InChI is InChI=1S/C27H30/c1-2-4-6-8-10-12-14-16-18-20-22-24-26-27-25-23-21-19-17-15-13-11-9-7-5-3-1/h1-24H,25-27H2. The third-order valence-electron chi connectivity index (χ3n) is 3.35. The molecule has 1 aliphatic carbocycles. The number of hydrogen-bond donors (Lipinski definition) is 0. The van der Waals surface area contributed by atoms with E-state index in [0.29, 0.717) is 0 Å². The molecule has 0 N–H and O–H groups in total. The van der Waals surface area contributed by atoms with Crippen LogP contribution in [-0.2, 0) is 0 Å². The zero-order valence-electron chi connectivity index (χ0n) is 16.0. The summed E-state index contributed by atoms with van der Waals surface area (Å²) in [6, 6.07) is 0. The van der Waals surface area contributed by atoms with Crippen molar-refractivity contribution in [3.63, 3.8) is 0 Å². The fraction of sp³-hybridized carbons (Fsp3) is 0.111. The van der Waals surface area contributed by atoms with E-state index in [2.05, 4.69) is 36.5 Å². The van der Waals surface area contributed by atoms with Gasteiger partial charge in [-0.2, -0.15) is 0 Å². The van der Waals surface area contributed by atoms with E-state index in [9.17, 15) is 0 Å². The lowest BCUT2D eigenvalue weighted by Crippen LogP contribution is -1.68. The molecule has 0 aromatic heterocycles. The van der Waals surface area contributed by atoms with Gasteiger partial charge in [0, 0.05) is 0 Å². The van der Waals surface area contributed by atoms with E-state index in [-0.39, 0.29) is 0 Å². The summed E-state index contributed by atoms with van der Waals surface area (Å²) in [4.78, 5) is 0. The molecular weight excluding hydrogens is 324 g/mol. The van der Waals surface area contributed by atoms with Crippen molar-refractivity contribution in [3.8, 4) is 0 Å². The van der Waals surface area contributed by atoms with E-state index in [1.165, 1.54) is 6.42 Å². The van der Waals surface area contributed by atoms with Crippen LogP contribution < -0.4 is 0 Å². The van der Waals surface area contributed by atoms with Crippen LogP contribution in [-0.4, -0.2) is 0 Å². The van der Waals surface area contributed by atoms with Gasteiger partial charge in [0.2, 0.25) is 0 Å². The Bertz CT molecular complexity index is 643. The average Bonchev–Trinajstić information content (AvgIpc) is 2.68. The van der Waals surface area contributed by atoms with Crippen LogP contribution in [0.25, 0.3) is 0 Å². The molecule has 0 amide bonds. The molecule has 0 nitrogen and oxygen atoms in total. The Balaban J connectivity index is 2.58. The summed E-state index contributed by atoms with van der Waals surface area (Å²) >= 11 is 0. The maximum Gasteiger partial charge on any atom is -0.0345 e. The summed E-state index contributed by atoms with van der Waals surface area (Å²) in [7, 11) is 0. The second-order valence-corrected chi connectivity index (χ2v) is 5.64. The molecule has 0 fully saturated rings. The molecule has 0 saturated carbocycles. The minimum Gasteiger partial charge on any atom is -0.0845 e. The van der Waals surface area contributed by atoms with Gasteiger partial charge < -0.3 is 0 Å². The zero-order valence-corrected chi connectivity index (χ0v) is 16.0. The molecule has 27 heavy (non-hydrogen) atoms. The number of hydrogen-bond acceptors (Lipinski definition) is 0. The Morgan fingerprint density at radius 1 is 0.222 bits per heavy atom. The van der Waals surface area contributed by atoms with Crippen LogP contribution in [0.1, 0.15) is 19.3 Å². The lowest BCUT2D eigenvalue weighted by atomic mass is 10.2. The second kappa shape index (κ2) is 19.2. The highest BCUT2D eigenvalue weighted by Gasteiger charge is 1.78. The fourth-order valence-corrected chi connectivity index (χ4v) is 1.99. The first-order chi connectivity index (χ1) is 13.5. The van der Waals surface area contributed by atoms with E-state index in [1.54, 1.807) is 0 Å². The first-order valence-electron chi connectivity index (χ1n) is 9.48. The van der Waals surface area contributed by atoms with Crippen LogP contribution in [0.5, 0.6) is 0 Å². The summed E-state index contributed by atoms with van der Waals surface area (Å²) in [5.74, 6) is 0. The van der Waals surface area contributed by atoms with Gasteiger partial charge in [0.25, 0.3) is 0 Å². The Morgan fingerprint density at radius 2 is 0.407 bits per heavy atom. The van der Waals surface area contributed by atoms with Gasteiger partial charge in [-0.25, -0.2) is 0 Å². The third-order valence-corrected chi connectivity index (χ3v) is 3.35. The van der Waals surface area contributed by atoms with E-state index in [0.717, 1.165) is 12.8 Å². The van der Waals surface area contributed by atoms with Gasteiger partial charge in [0.05, 0.1) is 0 Å². The third kappa shape index (κ3) is 17.5.